The summed E-state index contributed by atoms with van der Waals surface area (Å²) in [7, 11) is 0. The van der Waals surface area contributed by atoms with Crippen LogP contribution in [0.2, 0.25) is 0 Å². The summed E-state index contributed by atoms with van der Waals surface area (Å²) in [5.74, 6) is -3.02. The lowest BCUT2D eigenvalue weighted by molar-refractivity contribution is -0.901. The van der Waals surface area contributed by atoms with E-state index in [4.69, 9.17) is 4.74 Å². The van der Waals surface area contributed by atoms with Crippen LogP contribution in [-0.4, -0.2) is 58.6 Å². The number of quaternary nitrogens is 1. The first-order valence-electron chi connectivity index (χ1n) is 10.1. The van der Waals surface area contributed by atoms with E-state index in [1.165, 1.54) is 0 Å². The maximum absolute atomic E-state index is 13.4. The number of nitrogens with one attached hydrogen (secondary N) is 1. The summed E-state index contributed by atoms with van der Waals surface area (Å²) < 4.78 is 4.46. The van der Waals surface area contributed by atoms with Crippen LogP contribution >= 0.6 is 0 Å². The predicted molar refractivity (Wildman–Crippen MR) is 103 cm³/mol. The number of Topliss-reactive ketones (excluding diaryl/α,β-unsaturated/α-hetero) is 1. The summed E-state index contributed by atoms with van der Waals surface area (Å²) in [6.45, 7) is 10.9. The normalized spacial score (nSPS) is 23.5. The lowest BCUT2D eigenvalue weighted by Gasteiger charge is -2.38. The maximum Gasteiger partial charge on any atom is 0.402 e. The van der Waals surface area contributed by atoms with Gasteiger partial charge in [-0.1, -0.05) is 34.6 Å². The van der Waals surface area contributed by atoms with Crippen molar-refractivity contribution in [3.8, 4) is 0 Å². The predicted octanol–water partition coefficient (Wildman–Crippen LogP) is 2.06. The standard InChI is InChI=1S/C20H34N2O6/c1-7-20(5,6)16(23)17(24)22(21-14(18(25)26)12-13(3)4)11-9-10-15(22)19(27)28-8-2/h13-15,21H,7-12H2,1-6H3/p+1/t14-,15-,22?/m0/s1. The first-order chi connectivity index (χ1) is 12.9. The summed E-state index contributed by atoms with van der Waals surface area (Å²) in [6, 6.07) is -1.99. The molecule has 1 aliphatic heterocycles. The Morgan fingerprint density at radius 1 is 1.21 bits per heavy atom. The minimum Gasteiger partial charge on any atom is -0.480 e. The molecule has 0 bridgehead atoms. The summed E-state index contributed by atoms with van der Waals surface area (Å²) in [5.41, 5.74) is 1.99. The van der Waals surface area contributed by atoms with Gasteiger partial charge in [-0.3, -0.25) is 9.59 Å². The molecule has 0 aromatic carbocycles. The first kappa shape index (κ1) is 24.2. The molecule has 8 nitrogen and oxygen atoms in total. The smallest absolute Gasteiger partial charge is 0.402 e. The number of aliphatic carboxylic acids is 1. The fraction of sp³-hybridized carbons (Fsp3) is 0.800. The van der Waals surface area contributed by atoms with Crippen molar-refractivity contribution in [2.24, 2.45) is 11.3 Å². The van der Waals surface area contributed by atoms with Crippen molar-refractivity contribution < 1.29 is 33.6 Å². The highest BCUT2D eigenvalue weighted by Gasteiger charge is 2.58. The third kappa shape index (κ3) is 5.17. The number of hydrogen-bond acceptors (Lipinski definition) is 6. The van der Waals surface area contributed by atoms with E-state index in [1.807, 2.05) is 20.8 Å². The van der Waals surface area contributed by atoms with Gasteiger partial charge in [-0.05, 0) is 25.7 Å². The third-order valence-corrected chi connectivity index (χ3v) is 5.53. The van der Waals surface area contributed by atoms with Gasteiger partial charge in [-0.25, -0.2) is 9.59 Å². The minimum atomic E-state index is -1.12. The zero-order valence-electron chi connectivity index (χ0n) is 17.9. The van der Waals surface area contributed by atoms with Crippen molar-refractivity contribution in [2.75, 3.05) is 13.2 Å². The molecule has 160 valence electrons. The van der Waals surface area contributed by atoms with Crippen LogP contribution < -0.4 is 5.43 Å². The molecule has 2 N–H and O–H groups in total. The number of esters is 1. The van der Waals surface area contributed by atoms with Gasteiger partial charge in [0.2, 0.25) is 6.04 Å². The summed E-state index contributed by atoms with van der Waals surface area (Å²) in [5, 5.41) is 9.67. The van der Waals surface area contributed by atoms with Crippen LogP contribution in [0.5, 0.6) is 0 Å². The molecule has 1 fully saturated rings. The van der Waals surface area contributed by atoms with Crippen molar-refractivity contribution in [1.82, 2.24) is 5.43 Å². The van der Waals surface area contributed by atoms with E-state index < -0.39 is 45.7 Å². The van der Waals surface area contributed by atoms with Crippen LogP contribution in [0.1, 0.15) is 67.2 Å². The molecule has 0 aromatic heterocycles. The monoisotopic (exact) mass is 399 g/mol. The number of carbonyl (C=O) groups is 4. The Labute approximate surface area is 167 Å². The minimum absolute atomic E-state index is 0.0511. The summed E-state index contributed by atoms with van der Waals surface area (Å²) >= 11 is 0. The Morgan fingerprint density at radius 2 is 1.82 bits per heavy atom. The van der Waals surface area contributed by atoms with Crippen molar-refractivity contribution in [1.29, 1.82) is 0 Å². The van der Waals surface area contributed by atoms with Gasteiger partial charge in [0.25, 0.3) is 5.78 Å². The van der Waals surface area contributed by atoms with Crippen molar-refractivity contribution in [3.63, 3.8) is 0 Å². The third-order valence-electron chi connectivity index (χ3n) is 5.53. The highest BCUT2D eigenvalue weighted by atomic mass is 16.5. The maximum atomic E-state index is 13.4. The number of ether oxygens (including phenoxy) is 1. The van der Waals surface area contributed by atoms with E-state index >= 15 is 0 Å². The highest BCUT2D eigenvalue weighted by molar-refractivity contribution is 6.35. The van der Waals surface area contributed by atoms with E-state index in [9.17, 15) is 24.3 Å². The van der Waals surface area contributed by atoms with E-state index in [2.05, 4.69) is 5.43 Å². The van der Waals surface area contributed by atoms with Crippen molar-refractivity contribution >= 4 is 23.6 Å². The lowest BCUT2D eigenvalue weighted by atomic mass is 9.84. The van der Waals surface area contributed by atoms with Crippen LogP contribution in [0.3, 0.4) is 0 Å². The molecule has 1 heterocycles. The topological polar surface area (TPSA) is 110 Å². The Bertz CT molecular complexity index is 616. The van der Waals surface area contributed by atoms with Crippen LogP contribution in [0, 0.1) is 11.3 Å². The number of carbonyl (C=O) groups excluding carboxylic acids is 3. The van der Waals surface area contributed by atoms with Crippen LogP contribution in [0.25, 0.3) is 0 Å². The Hall–Kier alpha value is -1.80. The quantitative estimate of drug-likeness (QED) is 0.329. The molecular weight excluding hydrogens is 364 g/mol. The summed E-state index contributed by atoms with van der Waals surface area (Å²) in [6.07, 6.45) is 1.58. The van der Waals surface area contributed by atoms with Crippen LogP contribution in [-0.2, 0) is 23.9 Å². The number of amides is 1. The average molecular weight is 400 g/mol. The molecular formula is C20H35N2O6+. The number of ketones is 1. The van der Waals surface area contributed by atoms with Crippen LogP contribution in [0.15, 0.2) is 0 Å². The Balaban J connectivity index is 3.41. The molecule has 0 spiro atoms. The second-order valence-corrected chi connectivity index (χ2v) is 8.52. The number of carboxylic acid groups (broad SMARTS) is 1. The Morgan fingerprint density at radius 3 is 2.29 bits per heavy atom. The van der Waals surface area contributed by atoms with E-state index in [1.54, 1.807) is 20.8 Å². The van der Waals surface area contributed by atoms with Crippen LogP contribution in [0.4, 0.5) is 0 Å². The SMILES string of the molecule is CCOC(=O)[C@@H]1CCC[N+]1(N[C@@H](CC(C)C)C(=O)O)C(=O)C(=O)C(C)(C)CC. The van der Waals surface area contributed by atoms with Gasteiger partial charge in [0.15, 0.2) is 6.04 Å². The fourth-order valence-corrected chi connectivity index (χ4v) is 3.49. The molecule has 28 heavy (non-hydrogen) atoms. The van der Waals surface area contributed by atoms with Gasteiger partial charge in [-0.15, -0.1) is 5.43 Å². The molecule has 3 atom stereocenters. The van der Waals surface area contributed by atoms with Crippen molar-refractivity contribution in [2.45, 2.75) is 79.3 Å². The van der Waals surface area contributed by atoms with Gasteiger partial charge in [-0.2, -0.15) is 4.59 Å². The van der Waals surface area contributed by atoms with Gasteiger partial charge in [0.1, 0.15) is 6.54 Å². The zero-order valence-corrected chi connectivity index (χ0v) is 17.9. The second-order valence-electron chi connectivity index (χ2n) is 8.52. The van der Waals surface area contributed by atoms with Gasteiger partial charge < -0.3 is 9.84 Å². The number of likely N-dealkylation sites (tertiary alicyclic amines) is 1. The largest absolute Gasteiger partial charge is 0.480 e. The molecule has 1 amide bonds. The zero-order chi connectivity index (χ0) is 21.7. The second kappa shape index (κ2) is 9.60. The Kier molecular flexibility index (Phi) is 8.31. The number of carboxylic acids is 1. The highest BCUT2D eigenvalue weighted by Crippen LogP contribution is 2.31. The molecule has 1 rings (SSSR count). The van der Waals surface area contributed by atoms with Gasteiger partial charge >= 0.3 is 17.8 Å². The number of nitrogens with zero attached hydrogens (tertiary/aromatic N) is 1. The average Bonchev–Trinajstić information content (AvgIpc) is 3.04. The number of rotatable bonds is 10. The fourth-order valence-electron chi connectivity index (χ4n) is 3.49. The van der Waals surface area contributed by atoms with E-state index in [-0.39, 0.29) is 25.5 Å². The molecule has 0 radical (unpaired) electrons. The molecule has 1 aliphatic rings. The van der Waals surface area contributed by atoms with Crippen molar-refractivity contribution in [3.05, 3.63) is 0 Å². The molecule has 0 saturated carbocycles. The molecule has 0 aliphatic carbocycles. The van der Waals surface area contributed by atoms with Gasteiger partial charge in [0.05, 0.1) is 6.61 Å². The molecule has 1 unspecified atom stereocenters. The lowest BCUT2D eigenvalue weighted by Crippen LogP contribution is -2.72. The van der Waals surface area contributed by atoms with E-state index in [0.29, 0.717) is 19.3 Å². The first-order valence-corrected chi connectivity index (χ1v) is 10.1. The van der Waals surface area contributed by atoms with E-state index in [0.717, 1.165) is 0 Å². The number of hydrogen-bond donors (Lipinski definition) is 2. The van der Waals surface area contributed by atoms with Gasteiger partial charge in [0, 0.05) is 18.3 Å². The molecule has 1 saturated heterocycles. The summed E-state index contributed by atoms with van der Waals surface area (Å²) in [4.78, 5) is 50.8. The molecule has 0 aromatic rings. The molecule has 8 heteroatoms.